The molecule has 0 radical (unpaired) electrons. The van der Waals surface area contributed by atoms with Crippen molar-refractivity contribution in [2.24, 2.45) is 0 Å². The fourth-order valence-corrected chi connectivity index (χ4v) is 7.16. The van der Waals surface area contributed by atoms with E-state index in [-0.39, 0.29) is 35.4 Å². The SMILES string of the molecule is C=Cc1c(C)c2cc3nc(c(C(=O)OC)c4nc(cc5[nH]c(cc1[nH]2)c(C)c5CC)C(C)=C4C(=O)OC)[C@@H](CCC(=O)N[C@@H](CC(=O)O)C(=O)O)[C@@H]3C. The lowest BCUT2D eigenvalue weighted by atomic mass is 9.85. The monoisotopic (exact) mass is 725 g/mol. The van der Waals surface area contributed by atoms with Crippen molar-refractivity contribution in [1.82, 2.24) is 25.3 Å². The van der Waals surface area contributed by atoms with Gasteiger partial charge in [-0.3, -0.25) is 14.6 Å². The lowest BCUT2D eigenvalue weighted by molar-refractivity contribution is -0.147. The van der Waals surface area contributed by atoms with E-state index in [4.69, 9.17) is 24.5 Å². The molecule has 2 aliphatic heterocycles. The molecule has 0 fully saturated rings. The number of hydrogen-bond donors (Lipinski definition) is 5. The van der Waals surface area contributed by atoms with E-state index in [1.807, 2.05) is 45.9 Å². The fourth-order valence-electron chi connectivity index (χ4n) is 7.16. The van der Waals surface area contributed by atoms with Gasteiger partial charge in [-0.05, 0) is 74.1 Å². The van der Waals surface area contributed by atoms with Crippen LogP contribution >= 0.6 is 0 Å². The Morgan fingerprint density at radius 2 is 1.60 bits per heavy atom. The second-order valence-electron chi connectivity index (χ2n) is 13.2. The molecule has 53 heavy (non-hydrogen) atoms. The third kappa shape index (κ3) is 7.21. The number of nitrogens with one attached hydrogen (secondary N) is 3. The molecule has 0 unspecified atom stereocenters. The van der Waals surface area contributed by atoms with Crippen LogP contribution in [0.4, 0.5) is 0 Å². The molecule has 5 N–H and O–H groups in total. The number of amides is 1. The van der Waals surface area contributed by atoms with Crippen molar-refractivity contribution in [2.75, 3.05) is 14.2 Å². The van der Waals surface area contributed by atoms with Gasteiger partial charge in [-0.1, -0.05) is 26.5 Å². The number of hydrogen-bond acceptors (Lipinski definition) is 9. The van der Waals surface area contributed by atoms with Gasteiger partial charge in [0.1, 0.15) is 11.6 Å². The molecule has 5 rings (SSSR count). The molecule has 0 aromatic carbocycles. The molecule has 14 nitrogen and oxygen atoms in total. The van der Waals surface area contributed by atoms with Crippen LogP contribution in [-0.2, 0) is 35.1 Å². The third-order valence-electron chi connectivity index (χ3n) is 10.1. The average molecular weight is 726 g/mol. The van der Waals surface area contributed by atoms with E-state index in [2.05, 4.69) is 21.9 Å². The fraction of sp³-hybridized carbons (Fsp3) is 0.359. The molecular weight excluding hydrogens is 682 g/mol. The number of allylic oxidation sites excluding steroid dienone is 1. The van der Waals surface area contributed by atoms with Gasteiger partial charge in [0.25, 0.3) is 0 Å². The van der Waals surface area contributed by atoms with Gasteiger partial charge in [0.15, 0.2) is 0 Å². The molecule has 5 heterocycles. The minimum atomic E-state index is -1.63. The molecular formula is C39H43N5O9. The molecule has 8 bridgehead atoms. The zero-order valence-electron chi connectivity index (χ0n) is 30.7. The van der Waals surface area contributed by atoms with Crippen molar-refractivity contribution in [2.45, 2.75) is 78.2 Å². The van der Waals surface area contributed by atoms with Crippen LogP contribution in [0.2, 0.25) is 0 Å². The summed E-state index contributed by atoms with van der Waals surface area (Å²) >= 11 is 0. The van der Waals surface area contributed by atoms with E-state index < -0.39 is 54.1 Å². The molecule has 0 saturated carbocycles. The van der Waals surface area contributed by atoms with Crippen LogP contribution in [-0.4, -0.2) is 80.2 Å². The summed E-state index contributed by atoms with van der Waals surface area (Å²) in [5.74, 6) is -6.14. The Morgan fingerprint density at radius 1 is 0.943 bits per heavy atom. The predicted octanol–water partition coefficient (Wildman–Crippen LogP) is 5.74. The number of aromatic amines is 2. The molecule has 0 aliphatic carbocycles. The Labute approximate surface area is 305 Å². The minimum Gasteiger partial charge on any atom is -0.481 e. The number of fused-ring (bicyclic) bond motifs is 8. The van der Waals surface area contributed by atoms with Crippen LogP contribution in [0.5, 0.6) is 0 Å². The first-order valence-corrected chi connectivity index (χ1v) is 17.2. The summed E-state index contributed by atoms with van der Waals surface area (Å²) in [4.78, 5) is 80.2. The van der Waals surface area contributed by atoms with Gasteiger partial charge in [0.05, 0.1) is 43.3 Å². The predicted molar refractivity (Wildman–Crippen MR) is 198 cm³/mol. The highest BCUT2D eigenvalue weighted by atomic mass is 16.5. The standard InChI is InChI=1S/C39H43N5O9/c1-9-21-17(3)24-13-26-19(5)23(11-12-31(45)42-30(37(48)49)16-32(46)47)35(43-26)34(39(51)53-8)36-33(38(50)52-7)20(6)27(44-36)15-29-22(10-2)18(4)25(41-29)14-28(21)40-24/h9,13-15,19,23,30,40-41H,1,10-12,16H2,2-8H3,(H,42,45)(H,46,47)(H,48,49)/t19-,23-,30-/m0/s1. The van der Waals surface area contributed by atoms with Gasteiger partial charge in [-0.25, -0.2) is 19.4 Å². The lowest BCUT2D eigenvalue weighted by Crippen LogP contribution is -2.42. The molecule has 0 spiro atoms. The number of ether oxygens (including phenoxy) is 2. The number of esters is 2. The summed E-state index contributed by atoms with van der Waals surface area (Å²) in [6.45, 7) is 13.7. The first-order valence-electron chi connectivity index (χ1n) is 17.2. The Kier molecular flexibility index (Phi) is 11.0. The molecule has 3 aromatic rings. The van der Waals surface area contributed by atoms with Crippen molar-refractivity contribution in [3.8, 4) is 0 Å². The number of carboxylic acids is 2. The average Bonchev–Trinajstić information content (AvgIpc) is 3.79. The number of nitrogens with zero attached hydrogens (tertiary/aromatic N) is 2. The number of carbonyl (C=O) groups excluding carboxylic acids is 3. The number of carbonyl (C=O) groups is 5. The number of H-pyrrole nitrogens is 2. The zero-order valence-corrected chi connectivity index (χ0v) is 30.7. The molecule has 3 aromatic heterocycles. The van der Waals surface area contributed by atoms with Crippen LogP contribution in [0, 0.1) is 13.8 Å². The van der Waals surface area contributed by atoms with Gasteiger partial charge in [0.2, 0.25) is 5.91 Å². The summed E-state index contributed by atoms with van der Waals surface area (Å²) < 4.78 is 10.5. The van der Waals surface area contributed by atoms with Crippen molar-refractivity contribution in [3.05, 3.63) is 75.4 Å². The minimum absolute atomic E-state index is 0.00833. The highest BCUT2D eigenvalue weighted by Gasteiger charge is 2.38. The van der Waals surface area contributed by atoms with Crippen molar-refractivity contribution in [3.63, 3.8) is 0 Å². The summed E-state index contributed by atoms with van der Waals surface area (Å²) in [6.07, 6.45) is 1.51. The summed E-state index contributed by atoms with van der Waals surface area (Å²) in [7, 11) is 2.44. The van der Waals surface area contributed by atoms with E-state index in [0.717, 1.165) is 44.3 Å². The maximum atomic E-state index is 13.9. The first kappa shape index (κ1) is 38.2. The number of aryl methyl sites for hydroxylation is 3. The lowest BCUT2D eigenvalue weighted by Gasteiger charge is -2.19. The van der Waals surface area contributed by atoms with Gasteiger partial charge < -0.3 is 35.0 Å². The van der Waals surface area contributed by atoms with E-state index in [9.17, 15) is 29.1 Å². The van der Waals surface area contributed by atoms with Crippen LogP contribution in [0.3, 0.4) is 0 Å². The normalized spacial score (nSPS) is 15.8. The van der Waals surface area contributed by atoms with Crippen molar-refractivity contribution in [1.29, 1.82) is 0 Å². The van der Waals surface area contributed by atoms with Gasteiger partial charge in [0, 0.05) is 51.6 Å². The molecule has 14 heteroatoms. The maximum absolute atomic E-state index is 13.9. The first-order chi connectivity index (χ1) is 25.1. The quantitative estimate of drug-likeness (QED) is 0.150. The topological polar surface area (TPSA) is 214 Å². The van der Waals surface area contributed by atoms with Crippen LogP contribution in [0.25, 0.3) is 39.3 Å². The molecule has 278 valence electrons. The van der Waals surface area contributed by atoms with E-state index in [1.54, 1.807) is 13.0 Å². The van der Waals surface area contributed by atoms with Crippen molar-refractivity contribution >= 4 is 69.1 Å². The molecule has 1 amide bonds. The second kappa shape index (κ2) is 15.3. The Hall–Kier alpha value is -6.05. The summed E-state index contributed by atoms with van der Waals surface area (Å²) in [5.41, 5.74) is 8.69. The molecule has 0 saturated heterocycles. The Bertz CT molecular complexity index is 2260. The maximum Gasteiger partial charge on any atom is 0.341 e. The highest BCUT2D eigenvalue weighted by Crippen LogP contribution is 2.44. The van der Waals surface area contributed by atoms with Gasteiger partial charge >= 0.3 is 23.9 Å². The van der Waals surface area contributed by atoms with Crippen LogP contribution in [0.1, 0.15) is 107 Å². The van der Waals surface area contributed by atoms with E-state index >= 15 is 0 Å². The summed E-state index contributed by atoms with van der Waals surface area (Å²) in [6, 6.07) is 4.09. The molecule has 2 aliphatic rings. The number of methoxy groups -OCH3 is 2. The Balaban J connectivity index is 1.87. The third-order valence-corrected chi connectivity index (χ3v) is 10.1. The number of carboxylic acid groups (broad SMARTS) is 2. The van der Waals surface area contributed by atoms with Crippen LogP contribution in [0.15, 0.2) is 24.8 Å². The van der Waals surface area contributed by atoms with E-state index in [1.165, 1.54) is 14.2 Å². The number of aliphatic carboxylic acids is 2. The van der Waals surface area contributed by atoms with Crippen LogP contribution < -0.4 is 5.32 Å². The summed E-state index contributed by atoms with van der Waals surface area (Å²) in [5, 5.41) is 20.9. The highest BCUT2D eigenvalue weighted by molar-refractivity contribution is 6.26. The number of aromatic nitrogens is 4. The van der Waals surface area contributed by atoms with Crippen molar-refractivity contribution < 1.29 is 43.7 Å². The largest absolute Gasteiger partial charge is 0.481 e. The molecule has 3 atom stereocenters. The Morgan fingerprint density at radius 3 is 2.21 bits per heavy atom. The number of rotatable bonds is 11. The smallest absolute Gasteiger partial charge is 0.341 e. The van der Waals surface area contributed by atoms with Gasteiger partial charge in [-0.15, -0.1) is 0 Å². The second-order valence-corrected chi connectivity index (χ2v) is 13.2. The van der Waals surface area contributed by atoms with Gasteiger partial charge in [-0.2, -0.15) is 0 Å². The zero-order chi connectivity index (χ0) is 38.9. The van der Waals surface area contributed by atoms with E-state index in [0.29, 0.717) is 23.4 Å².